The van der Waals surface area contributed by atoms with E-state index in [9.17, 15) is 0 Å². The van der Waals surface area contributed by atoms with Gasteiger partial charge >= 0.3 is 41.9 Å². The molecule has 0 amide bonds. The Morgan fingerprint density at radius 3 is 1.00 bits per heavy atom. The van der Waals surface area contributed by atoms with Gasteiger partial charge < -0.3 is 5.48 Å². The maximum absolute atomic E-state index is 0. The molecule has 2 N–H and O–H groups in total. The van der Waals surface area contributed by atoms with Crippen molar-refractivity contribution in [3.8, 4) is 0 Å². The Balaban J connectivity index is 0. The molecule has 0 saturated carbocycles. The number of hydrogen-bond acceptors (Lipinski definition) is 0. The van der Waals surface area contributed by atoms with Crippen LogP contribution >= 0.6 is 0 Å². The number of rotatable bonds is 0. The standard InChI is InChI=1S/Li.Mg.H2O.W.3H/h;;1H2;;;;. The third-order valence-corrected chi connectivity index (χ3v) is 0. The van der Waals surface area contributed by atoms with Crippen LogP contribution in [0.3, 0.4) is 0 Å². The van der Waals surface area contributed by atoms with E-state index < -0.39 is 0 Å². The van der Waals surface area contributed by atoms with Gasteiger partial charge in [0, 0.05) is 21.1 Å². The molecule has 0 aliphatic rings. The first kappa shape index (κ1) is 37.3. The Morgan fingerprint density at radius 2 is 1.00 bits per heavy atom. The summed E-state index contributed by atoms with van der Waals surface area (Å²) in [5, 5.41) is 0. The van der Waals surface area contributed by atoms with Crippen LogP contribution < -0.4 is 0 Å². The summed E-state index contributed by atoms with van der Waals surface area (Å²) in [6, 6.07) is 0. The average Bonchev–Trinajstić information content (AvgIpc) is 0. The summed E-state index contributed by atoms with van der Waals surface area (Å²) < 4.78 is 0. The van der Waals surface area contributed by atoms with Crippen LogP contribution in [0.4, 0.5) is 0 Å². The molecule has 0 aliphatic carbocycles. The molecule has 0 heterocycles. The largest absolute Gasteiger partial charge is 0.316 e. The van der Waals surface area contributed by atoms with Crippen LogP contribution in [0.2, 0.25) is 0 Å². The van der Waals surface area contributed by atoms with Crippen LogP contribution in [0.5, 0.6) is 0 Å². The first-order chi connectivity index (χ1) is 0. The van der Waals surface area contributed by atoms with Crippen molar-refractivity contribution in [2.24, 2.45) is 0 Å². The van der Waals surface area contributed by atoms with Gasteiger partial charge in [-0.3, -0.25) is 0 Å². The van der Waals surface area contributed by atoms with Gasteiger partial charge in [-0.05, 0) is 0 Å². The van der Waals surface area contributed by atoms with E-state index in [4.69, 9.17) is 0 Å². The van der Waals surface area contributed by atoms with Crippen molar-refractivity contribution in [2.75, 3.05) is 0 Å². The van der Waals surface area contributed by atoms with Gasteiger partial charge in [0.1, 0.15) is 0 Å². The first-order valence-electron chi connectivity index (χ1n) is 0. The predicted octanol–water partition coefficient (Wildman–Crippen LogP) is -2.39. The van der Waals surface area contributed by atoms with Crippen LogP contribution in [-0.4, -0.2) is 47.4 Å². The molecule has 0 bridgehead atoms. The second kappa shape index (κ2) is 19.9. The summed E-state index contributed by atoms with van der Waals surface area (Å²) in [6.45, 7) is 0. The molecule has 0 fully saturated rings. The van der Waals surface area contributed by atoms with E-state index in [1.807, 2.05) is 0 Å². The van der Waals surface area contributed by atoms with Crippen molar-refractivity contribution in [3.05, 3.63) is 0 Å². The number of hydrogen-bond donors (Lipinski definition) is 0. The summed E-state index contributed by atoms with van der Waals surface area (Å²) in [7, 11) is 0. The Bertz CT molecular complexity index is 8.00. The average molecular weight is 236 g/mol. The second-order valence-electron chi connectivity index (χ2n) is 0. The van der Waals surface area contributed by atoms with Crippen LogP contribution in [-0.2, 0) is 21.1 Å². The molecule has 0 aromatic heterocycles. The molecule has 0 aliphatic heterocycles. The zero-order valence-corrected chi connectivity index (χ0v) is 3.84. The fourth-order valence-electron chi connectivity index (χ4n) is 0. The Labute approximate surface area is 67.8 Å². The van der Waals surface area contributed by atoms with Gasteiger partial charge in [0.05, 0.1) is 0 Å². The summed E-state index contributed by atoms with van der Waals surface area (Å²) in [5.41, 5.74) is 0. The van der Waals surface area contributed by atoms with Crippen molar-refractivity contribution in [1.29, 1.82) is 0 Å². The minimum atomic E-state index is 0. The second-order valence-corrected chi connectivity index (χ2v) is 0. The van der Waals surface area contributed by atoms with Crippen LogP contribution in [0.1, 0.15) is 0 Å². The van der Waals surface area contributed by atoms with Crippen LogP contribution in [0, 0.1) is 0 Å². The summed E-state index contributed by atoms with van der Waals surface area (Å²) in [5.74, 6) is 0. The van der Waals surface area contributed by atoms with Crippen molar-refractivity contribution in [1.82, 2.24) is 0 Å². The minimum Gasteiger partial charge on any atom is 0 e. The van der Waals surface area contributed by atoms with E-state index in [0.717, 1.165) is 0 Å². The molecular weight excluding hydrogens is 231 g/mol. The third-order valence-electron chi connectivity index (χ3n) is 0. The zero-order valence-electron chi connectivity index (χ0n) is 0.908. The van der Waals surface area contributed by atoms with E-state index in [-0.39, 0.29) is 68.5 Å². The molecular formula is H5LiMgOW. The Morgan fingerprint density at radius 1 is 1.00 bits per heavy atom. The van der Waals surface area contributed by atoms with E-state index in [1.54, 1.807) is 0 Å². The predicted molar refractivity (Wildman–Crippen MR) is 19.3 cm³/mol. The van der Waals surface area contributed by atoms with E-state index in [1.165, 1.54) is 0 Å². The Kier molecular flexibility index (Phi) is 186. The first-order valence-corrected chi connectivity index (χ1v) is 0. The zero-order chi connectivity index (χ0) is 0. The van der Waals surface area contributed by atoms with Crippen molar-refractivity contribution in [3.63, 3.8) is 0 Å². The minimum absolute atomic E-state index is 0. The summed E-state index contributed by atoms with van der Waals surface area (Å²) >= 11 is 0. The van der Waals surface area contributed by atoms with Gasteiger partial charge in [0.25, 0.3) is 0 Å². The monoisotopic (exact) mass is 236 g/mol. The van der Waals surface area contributed by atoms with Crippen molar-refractivity contribution < 1.29 is 26.5 Å². The van der Waals surface area contributed by atoms with Gasteiger partial charge in [-0.2, -0.15) is 0 Å². The van der Waals surface area contributed by atoms with Crippen LogP contribution in [0.15, 0.2) is 0 Å². The van der Waals surface area contributed by atoms with Crippen molar-refractivity contribution in [2.45, 2.75) is 0 Å². The maximum Gasteiger partial charge on any atom is 0.316 e. The van der Waals surface area contributed by atoms with Gasteiger partial charge in [0.15, 0.2) is 0 Å². The van der Waals surface area contributed by atoms with Gasteiger partial charge in [0.2, 0.25) is 0 Å². The van der Waals surface area contributed by atoms with Gasteiger partial charge in [-0.1, -0.05) is 0 Å². The molecule has 20 valence electrons. The van der Waals surface area contributed by atoms with Gasteiger partial charge in [-0.15, -0.1) is 0 Å². The molecule has 0 unspecified atom stereocenters. The molecule has 0 radical (unpaired) electrons. The molecule has 0 saturated heterocycles. The summed E-state index contributed by atoms with van der Waals surface area (Å²) in [4.78, 5) is 0. The van der Waals surface area contributed by atoms with Gasteiger partial charge in [-0.25, -0.2) is 0 Å². The maximum atomic E-state index is 0. The van der Waals surface area contributed by atoms with Crippen LogP contribution in [0.25, 0.3) is 0 Å². The fraction of sp³-hybridized carbons (Fsp3) is 0. The quantitative estimate of drug-likeness (QED) is 0.420. The molecule has 0 rings (SSSR count). The molecule has 1 nitrogen and oxygen atoms in total. The molecule has 0 aromatic rings. The molecule has 0 aromatic carbocycles. The smallest absolute Gasteiger partial charge is 0 e. The van der Waals surface area contributed by atoms with E-state index in [0.29, 0.717) is 0 Å². The SMILES string of the molecule is O.[LiH].[MgH2].[W]. The normalized spacial score (nSPS) is 0. The third kappa shape index (κ3) is 8.99. The van der Waals surface area contributed by atoms with E-state index >= 15 is 0 Å². The Hall–Kier alpha value is 2.01. The topological polar surface area (TPSA) is 31.5 Å². The van der Waals surface area contributed by atoms with E-state index in [2.05, 4.69) is 0 Å². The molecule has 4 heavy (non-hydrogen) atoms. The molecule has 4 heteroatoms. The molecule has 0 spiro atoms. The van der Waals surface area contributed by atoms with Crippen molar-refractivity contribution >= 4 is 41.9 Å². The summed E-state index contributed by atoms with van der Waals surface area (Å²) in [6.07, 6.45) is 0. The fourth-order valence-corrected chi connectivity index (χ4v) is 0. The molecule has 0 atom stereocenters.